The Morgan fingerprint density at radius 3 is 2.46 bits per heavy atom. The summed E-state index contributed by atoms with van der Waals surface area (Å²) in [6.45, 7) is 7.67. The number of benzene rings is 1. The van der Waals surface area contributed by atoms with E-state index in [-0.39, 0.29) is 18.1 Å². The molecular formula is C19H23NO4. The number of furan rings is 1. The van der Waals surface area contributed by atoms with E-state index in [1.165, 1.54) is 11.8 Å². The highest BCUT2D eigenvalue weighted by atomic mass is 16.4. The van der Waals surface area contributed by atoms with Crippen LogP contribution in [0.3, 0.4) is 0 Å². The van der Waals surface area contributed by atoms with Gasteiger partial charge in [-0.3, -0.25) is 9.59 Å². The molecule has 0 radical (unpaired) electrons. The van der Waals surface area contributed by atoms with Crippen LogP contribution in [-0.2, 0) is 17.6 Å². The summed E-state index contributed by atoms with van der Waals surface area (Å²) in [7, 11) is 0. The summed E-state index contributed by atoms with van der Waals surface area (Å²) >= 11 is 0. The van der Waals surface area contributed by atoms with Gasteiger partial charge in [0.15, 0.2) is 0 Å². The van der Waals surface area contributed by atoms with Crippen molar-refractivity contribution in [2.75, 3.05) is 0 Å². The molecule has 0 bridgehead atoms. The smallest absolute Gasteiger partial charge is 0.311 e. The van der Waals surface area contributed by atoms with Crippen molar-refractivity contribution in [3.63, 3.8) is 0 Å². The van der Waals surface area contributed by atoms with Gasteiger partial charge in [-0.1, -0.05) is 24.3 Å². The Bertz CT molecular complexity index is 758. The van der Waals surface area contributed by atoms with Gasteiger partial charge in [0.25, 0.3) is 5.91 Å². The van der Waals surface area contributed by atoms with Gasteiger partial charge in [0.2, 0.25) is 0 Å². The highest BCUT2D eigenvalue weighted by molar-refractivity contribution is 5.97. The minimum absolute atomic E-state index is 0.184. The third kappa shape index (κ3) is 4.25. The van der Waals surface area contributed by atoms with Crippen LogP contribution in [0.4, 0.5) is 0 Å². The molecule has 0 aliphatic heterocycles. The van der Waals surface area contributed by atoms with Gasteiger partial charge in [0.05, 0.1) is 11.8 Å². The number of carboxylic acids is 1. The molecule has 1 heterocycles. The number of hydrogen-bond donors (Lipinski definition) is 2. The zero-order chi connectivity index (χ0) is 17.9. The Morgan fingerprint density at radius 1 is 1.17 bits per heavy atom. The molecule has 5 nitrogen and oxygen atoms in total. The third-order valence-electron chi connectivity index (χ3n) is 3.94. The lowest BCUT2D eigenvalue weighted by Gasteiger charge is -2.27. The zero-order valence-electron chi connectivity index (χ0n) is 14.5. The van der Waals surface area contributed by atoms with Crippen molar-refractivity contribution in [2.45, 2.75) is 46.1 Å². The van der Waals surface area contributed by atoms with Gasteiger partial charge in [-0.15, -0.1) is 0 Å². The second-order valence-electron chi connectivity index (χ2n) is 6.73. The molecule has 2 rings (SSSR count). The first-order valence-electron chi connectivity index (χ1n) is 7.85. The van der Waals surface area contributed by atoms with E-state index < -0.39 is 11.5 Å². The van der Waals surface area contributed by atoms with Crippen LogP contribution in [0.15, 0.2) is 34.9 Å². The van der Waals surface area contributed by atoms with Gasteiger partial charge in [0.1, 0.15) is 12.2 Å². The number of carboxylic acid groups (broad SMARTS) is 1. The predicted octanol–water partition coefficient (Wildman–Crippen LogP) is 3.27. The van der Waals surface area contributed by atoms with E-state index in [4.69, 9.17) is 9.52 Å². The van der Waals surface area contributed by atoms with Gasteiger partial charge in [0, 0.05) is 11.1 Å². The average molecular weight is 329 g/mol. The molecule has 1 amide bonds. The number of aryl methyl sites for hydroxylation is 2. The lowest BCUT2D eigenvalue weighted by atomic mass is 9.92. The maximum Gasteiger partial charge on any atom is 0.311 e. The summed E-state index contributed by atoms with van der Waals surface area (Å²) in [4.78, 5) is 23.6. The van der Waals surface area contributed by atoms with Crippen molar-refractivity contribution in [3.05, 3.63) is 58.5 Å². The Labute approximate surface area is 141 Å². The molecule has 0 aliphatic carbocycles. The predicted molar refractivity (Wildman–Crippen MR) is 91.2 cm³/mol. The largest absolute Gasteiger partial charge is 0.481 e. The molecule has 0 aliphatic rings. The second-order valence-corrected chi connectivity index (χ2v) is 6.73. The first kappa shape index (κ1) is 17.8. The Kier molecular flexibility index (Phi) is 5.12. The Morgan fingerprint density at radius 2 is 1.83 bits per heavy atom. The zero-order valence-corrected chi connectivity index (χ0v) is 14.5. The Hall–Kier alpha value is -2.56. The molecule has 5 heteroatoms. The van der Waals surface area contributed by atoms with Crippen LogP contribution in [0.1, 0.15) is 46.7 Å². The quantitative estimate of drug-likeness (QED) is 0.852. The normalized spacial score (nSPS) is 11.3. The van der Waals surface area contributed by atoms with E-state index in [1.54, 1.807) is 6.92 Å². The van der Waals surface area contributed by atoms with Gasteiger partial charge in [-0.2, -0.15) is 0 Å². The molecule has 1 aromatic carbocycles. The molecule has 2 N–H and O–H groups in total. The monoisotopic (exact) mass is 329 g/mol. The summed E-state index contributed by atoms with van der Waals surface area (Å²) in [5.41, 5.74) is 2.81. The van der Waals surface area contributed by atoms with E-state index in [1.807, 2.05) is 45.0 Å². The van der Waals surface area contributed by atoms with E-state index in [9.17, 15) is 9.59 Å². The number of nitrogens with one attached hydrogen (secondary N) is 1. The number of amides is 1. The van der Waals surface area contributed by atoms with Crippen molar-refractivity contribution in [3.8, 4) is 0 Å². The number of aliphatic carboxylic acids is 1. The van der Waals surface area contributed by atoms with Crippen molar-refractivity contribution in [1.29, 1.82) is 0 Å². The van der Waals surface area contributed by atoms with Crippen molar-refractivity contribution >= 4 is 11.9 Å². The second kappa shape index (κ2) is 6.91. The van der Waals surface area contributed by atoms with Crippen LogP contribution in [0.25, 0.3) is 0 Å². The number of rotatable bonds is 6. The van der Waals surface area contributed by atoms with Crippen molar-refractivity contribution < 1.29 is 19.1 Å². The van der Waals surface area contributed by atoms with Crippen LogP contribution >= 0.6 is 0 Å². The van der Waals surface area contributed by atoms with Crippen LogP contribution < -0.4 is 5.32 Å². The number of hydrogen-bond acceptors (Lipinski definition) is 3. The van der Waals surface area contributed by atoms with Crippen molar-refractivity contribution in [1.82, 2.24) is 5.32 Å². The summed E-state index contributed by atoms with van der Waals surface area (Å²) in [6.07, 6.45) is 1.78. The lowest BCUT2D eigenvalue weighted by Crippen LogP contribution is -2.45. The molecular weight excluding hydrogens is 306 g/mol. The molecule has 2 aromatic rings. The molecule has 0 spiro atoms. The molecule has 1 aromatic heterocycles. The van der Waals surface area contributed by atoms with E-state index >= 15 is 0 Å². The molecule has 0 saturated carbocycles. The van der Waals surface area contributed by atoms with E-state index in [0.29, 0.717) is 17.5 Å². The van der Waals surface area contributed by atoms with E-state index in [2.05, 4.69) is 5.32 Å². The highest BCUT2D eigenvalue weighted by Crippen LogP contribution is 2.21. The third-order valence-corrected chi connectivity index (χ3v) is 3.94. The van der Waals surface area contributed by atoms with Crippen molar-refractivity contribution in [2.24, 2.45) is 0 Å². The lowest BCUT2D eigenvalue weighted by molar-refractivity contribution is -0.136. The fourth-order valence-electron chi connectivity index (χ4n) is 2.77. The standard InChI is InChI=1S/C19H23NO4/c1-12-7-5-6-8-14(12)10-19(3,4)20-18(23)17-13(2)11-24-15(17)9-16(21)22/h5-8,11H,9-10H2,1-4H3,(H,20,23)(H,21,22). The SMILES string of the molecule is Cc1ccccc1CC(C)(C)NC(=O)c1c(C)coc1CC(=O)O. The fraction of sp³-hybridized carbons (Fsp3) is 0.368. The Balaban J connectivity index is 2.18. The van der Waals surface area contributed by atoms with Gasteiger partial charge in [-0.25, -0.2) is 0 Å². The summed E-state index contributed by atoms with van der Waals surface area (Å²) < 4.78 is 5.24. The van der Waals surface area contributed by atoms with Crippen LogP contribution in [-0.4, -0.2) is 22.5 Å². The number of carbonyl (C=O) groups excluding carboxylic acids is 1. The summed E-state index contributed by atoms with van der Waals surface area (Å²) in [5.74, 6) is -1.15. The molecule has 24 heavy (non-hydrogen) atoms. The summed E-state index contributed by atoms with van der Waals surface area (Å²) in [6, 6.07) is 8.05. The van der Waals surface area contributed by atoms with Crippen LogP contribution in [0.5, 0.6) is 0 Å². The fourth-order valence-corrected chi connectivity index (χ4v) is 2.77. The summed E-state index contributed by atoms with van der Waals surface area (Å²) in [5, 5.41) is 11.9. The molecule has 0 saturated heterocycles. The molecule has 0 unspecified atom stereocenters. The maximum absolute atomic E-state index is 12.7. The first-order chi connectivity index (χ1) is 11.2. The highest BCUT2D eigenvalue weighted by Gasteiger charge is 2.27. The average Bonchev–Trinajstić information content (AvgIpc) is 2.80. The molecule has 0 atom stereocenters. The minimum atomic E-state index is -1.03. The minimum Gasteiger partial charge on any atom is -0.481 e. The molecule has 128 valence electrons. The van der Waals surface area contributed by atoms with Gasteiger partial charge in [-0.05, 0) is 45.2 Å². The topological polar surface area (TPSA) is 79.5 Å². The first-order valence-corrected chi connectivity index (χ1v) is 7.85. The van der Waals surface area contributed by atoms with Crippen LogP contribution in [0.2, 0.25) is 0 Å². The van der Waals surface area contributed by atoms with Gasteiger partial charge >= 0.3 is 5.97 Å². The number of carbonyl (C=O) groups is 2. The van der Waals surface area contributed by atoms with E-state index in [0.717, 1.165) is 5.56 Å². The van der Waals surface area contributed by atoms with Crippen LogP contribution in [0, 0.1) is 13.8 Å². The maximum atomic E-state index is 12.7. The molecule has 0 fully saturated rings. The van der Waals surface area contributed by atoms with Gasteiger partial charge < -0.3 is 14.8 Å².